The summed E-state index contributed by atoms with van der Waals surface area (Å²) < 4.78 is 6.29. The van der Waals surface area contributed by atoms with Crippen molar-refractivity contribution in [1.82, 2.24) is 9.97 Å². The molecule has 0 fully saturated rings. The van der Waals surface area contributed by atoms with Crippen molar-refractivity contribution in [3.05, 3.63) is 22.3 Å². The molecule has 0 saturated heterocycles. The van der Waals surface area contributed by atoms with Gasteiger partial charge in [-0.1, -0.05) is 0 Å². The Labute approximate surface area is 58.0 Å². The summed E-state index contributed by atoms with van der Waals surface area (Å²) in [6.07, 6.45) is 5.00. The predicted octanol–water partition coefficient (Wildman–Crippen LogP) is -3.39. The van der Waals surface area contributed by atoms with Crippen molar-refractivity contribution in [1.29, 1.82) is 0 Å². The first kappa shape index (κ1) is 5.90. The van der Waals surface area contributed by atoms with Gasteiger partial charge in [-0.3, -0.25) is 0 Å². The monoisotopic (exact) mass is 222 g/mol. The van der Waals surface area contributed by atoms with E-state index in [0.717, 1.165) is 3.70 Å². The summed E-state index contributed by atoms with van der Waals surface area (Å²) in [6.45, 7) is 0. The fourth-order valence-corrected chi connectivity index (χ4v) is 0.980. The first-order valence-electron chi connectivity index (χ1n) is 2.03. The van der Waals surface area contributed by atoms with Crippen molar-refractivity contribution in [2.75, 3.05) is 0 Å². The van der Waals surface area contributed by atoms with Crippen LogP contribution in [0.5, 0.6) is 0 Å². The van der Waals surface area contributed by atoms with E-state index in [2.05, 4.69) is 9.97 Å². The molecular weight excluding hydrogens is 217 g/mol. The quantitative estimate of drug-likeness (QED) is 0.398. The summed E-state index contributed by atoms with van der Waals surface area (Å²) in [5.74, 6) is 0. The molecule has 1 heterocycles. The maximum absolute atomic E-state index is 5.36. The molecule has 44 valence electrons. The van der Waals surface area contributed by atoms with E-state index in [-0.39, 0.29) is 21.5 Å². The van der Waals surface area contributed by atoms with Gasteiger partial charge in [-0.15, -0.1) is 0 Å². The molecule has 0 saturated carbocycles. The Bertz CT molecular complexity index is 153. The normalized spacial score (nSPS) is 9.62. The molecule has 0 unspecified atom stereocenters. The Morgan fingerprint density at radius 1 is 1.50 bits per heavy atom. The number of rotatable bonds is 1. The fraction of sp³-hybridized carbons (Fsp3) is 0. The van der Waals surface area contributed by atoms with E-state index in [1.54, 1.807) is 18.6 Å². The van der Waals surface area contributed by atoms with Gasteiger partial charge >= 0.3 is 57.7 Å². The molecule has 0 spiro atoms. The zero-order valence-corrected chi connectivity index (χ0v) is 6.24. The van der Waals surface area contributed by atoms with Crippen molar-refractivity contribution in [3.63, 3.8) is 0 Å². The molecule has 0 atom stereocenters. The van der Waals surface area contributed by atoms with Crippen molar-refractivity contribution in [3.8, 4) is 0 Å². The number of nitrogens with zero attached hydrogens (tertiary/aromatic N) is 2. The van der Waals surface area contributed by atoms with E-state index < -0.39 is 0 Å². The number of hydrogen-bond donors (Lipinski definition) is 1. The molecule has 1 aromatic heterocycles. The second-order valence-electron chi connectivity index (χ2n) is 1.14. The van der Waals surface area contributed by atoms with Crippen molar-refractivity contribution < 1.29 is 21.5 Å². The van der Waals surface area contributed by atoms with Crippen LogP contribution < -0.4 is 25.4 Å². The fourth-order valence-electron chi connectivity index (χ4n) is 0.337. The summed E-state index contributed by atoms with van der Waals surface area (Å²) in [6, 6.07) is 0. The van der Waals surface area contributed by atoms with Gasteiger partial charge in [0, 0.05) is 0 Å². The summed E-state index contributed by atoms with van der Waals surface area (Å²) in [5.41, 5.74) is 0. The van der Waals surface area contributed by atoms with Crippen molar-refractivity contribution in [2.24, 2.45) is 3.95 Å². The third-order valence-corrected chi connectivity index (χ3v) is 1.84. The average molecular weight is 222 g/mol. The Balaban J connectivity index is 2.83. The number of aromatic nitrogens is 2. The molecule has 3 nitrogen and oxygen atoms in total. The van der Waals surface area contributed by atoms with E-state index in [1.165, 1.54) is 0 Å². The molecule has 1 aromatic rings. The summed E-state index contributed by atoms with van der Waals surface area (Å²) in [5, 5.41) is 0. The molecule has 1 rings (SSSR count). The Morgan fingerprint density at radius 2 is 2.38 bits per heavy atom. The van der Waals surface area contributed by atoms with E-state index >= 15 is 0 Å². The van der Waals surface area contributed by atoms with Crippen LogP contribution in [0.15, 0.2) is 18.6 Å². The third-order valence-electron chi connectivity index (χ3n) is 0.643. The topological polar surface area (TPSA) is 51.8 Å². The van der Waals surface area contributed by atoms with Crippen LogP contribution in [-0.2, 0) is 0 Å². The first-order valence-corrected chi connectivity index (χ1v) is 4.35. The van der Waals surface area contributed by atoms with Gasteiger partial charge in [0.25, 0.3) is 0 Å². The van der Waals surface area contributed by atoms with Gasteiger partial charge < -0.3 is 0 Å². The summed E-state index contributed by atoms with van der Waals surface area (Å²) in [4.78, 5) is 7.80. The number of halogens is 1. The zero-order valence-electron chi connectivity index (χ0n) is 4.08. The second kappa shape index (κ2) is 2.93. The molecule has 0 aliphatic carbocycles. The van der Waals surface area contributed by atoms with Crippen LogP contribution in [0.3, 0.4) is 0 Å². The molecule has 0 amide bonds. The van der Waals surface area contributed by atoms with Gasteiger partial charge in [0.15, 0.2) is 0 Å². The molecule has 8 heavy (non-hydrogen) atoms. The SMILES string of the molecule is N[I-]c1cnccn1. The van der Waals surface area contributed by atoms with E-state index in [4.69, 9.17) is 3.95 Å². The zero-order chi connectivity index (χ0) is 5.82. The van der Waals surface area contributed by atoms with Crippen LogP contribution >= 0.6 is 0 Å². The van der Waals surface area contributed by atoms with Crippen LogP contribution in [0.4, 0.5) is 0 Å². The van der Waals surface area contributed by atoms with Crippen LogP contribution in [0.2, 0.25) is 0 Å². The Morgan fingerprint density at radius 3 is 2.75 bits per heavy atom. The Kier molecular flexibility index (Phi) is 2.16. The van der Waals surface area contributed by atoms with Gasteiger partial charge in [-0.05, 0) is 0 Å². The van der Waals surface area contributed by atoms with Crippen LogP contribution in [0.1, 0.15) is 0 Å². The molecule has 0 bridgehead atoms. The molecule has 2 N–H and O–H groups in total. The van der Waals surface area contributed by atoms with Crippen LogP contribution in [0.25, 0.3) is 0 Å². The summed E-state index contributed by atoms with van der Waals surface area (Å²) >= 11 is -0.364. The van der Waals surface area contributed by atoms with Crippen LogP contribution in [-0.4, -0.2) is 9.97 Å². The maximum atomic E-state index is 5.36. The first-order chi connectivity index (χ1) is 3.93. The van der Waals surface area contributed by atoms with E-state index in [0.29, 0.717) is 0 Å². The molecule has 0 aliphatic heterocycles. The van der Waals surface area contributed by atoms with E-state index in [9.17, 15) is 0 Å². The number of hydrogen-bond acceptors (Lipinski definition) is 3. The van der Waals surface area contributed by atoms with Gasteiger partial charge in [-0.25, -0.2) is 0 Å². The molecular formula is C4H5IN3-. The minimum absolute atomic E-state index is 0.364. The standard InChI is InChI=1S/C4H5IN3/c6-5-4-3-7-1-2-8-4/h1-3H,6H2/q-1. The molecule has 0 radical (unpaired) electrons. The van der Waals surface area contributed by atoms with Crippen LogP contribution in [0, 0.1) is 3.70 Å². The van der Waals surface area contributed by atoms with Crippen molar-refractivity contribution in [2.45, 2.75) is 0 Å². The third kappa shape index (κ3) is 1.38. The van der Waals surface area contributed by atoms with Gasteiger partial charge in [0.05, 0.1) is 0 Å². The second-order valence-corrected chi connectivity index (χ2v) is 2.87. The predicted molar refractivity (Wildman–Crippen MR) is 24.9 cm³/mol. The summed E-state index contributed by atoms with van der Waals surface area (Å²) in [7, 11) is 0. The molecule has 0 aromatic carbocycles. The van der Waals surface area contributed by atoms with Gasteiger partial charge in [0.2, 0.25) is 0 Å². The van der Waals surface area contributed by atoms with Gasteiger partial charge in [-0.2, -0.15) is 0 Å². The average Bonchev–Trinajstić information content (AvgIpc) is 1.90. The molecule has 4 heteroatoms. The van der Waals surface area contributed by atoms with Crippen molar-refractivity contribution >= 4 is 0 Å². The van der Waals surface area contributed by atoms with E-state index in [1.807, 2.05) is 0 Å². The van der Waals surface area contributed by atoms with Gasteiger partial charge in [0.1, 0.15) is 0 Å². The Hall–Kier alpha value is -0.230. The minimum atomic E-state index is -0.364. The molecule has 0 aliphatic rings. The number of nitrogens with two attached hydrogens (primary N) is 1.